The molecule has 0 unspecified atom stereocenters. The first-order valence-corrected chi connectivity index (χ1v) is 6.35. The molecule has 0 saturated carbocycles. The van der Waals surface area contributed by atoms with Crippen LogP contribution in [0.4, 0.5) is 24.7 Å². The molecule has 0 aliphatic heterocycles. The van der Waals surface area contributed by atoms with E-state index in [1.165, 1.54) is 0 Å². The molecule has 22 heavy (non-hydrogen) atoms. The molecule has 2 rings (SSSR count). The molecule has 0 spiro atoms. The average Bonchev–Trinajstić information content (AvgIpc) is 2.44. The van der Waals surface area contributed by atoms with E-state index in [1.807, 2.05) is 0 Å². The van der Waals surface area contributed by atoms with Gasteiger partial charge in [-0.3, -0.25) is 10.1 Å². The number of anilines is 1. The highest BCUT2D eigenvalue weighted by Crippen LogP contribution is 2.33. The summed E-state index contributed by atoms with van der Waals surface area (Å²) in [6, 6.07) is 7.14. The second-order valence-electron chi connectivity index (χ2n) is 4.33. The van der Waals surface area contributed by atoms with Crippen LogP contribution in [-0.2, 0) is 12.7 Å². The molecular formula is C13H9ClF3N3O2. The highest BCUT2D eigenvalue weighted by Gasteiger charge is 2.33. The van der Waals surface area contributed by atoms with E-state index in [9.17, 15) is 23.3 Å². The van der Waals surface area contributed by atoms with Crippen LogP contribution in [0.1, 0.15) is 11.1 Å². The van der Waals surface area contributed by atoms with E-state index in [1.54, 1.807) is 24.3 Å². The van der Waals surface area contributed by atoms with Gasteiger partial charge in [0, 0.05) is 23.8 Å². The van der Waals surface area contributed by atoms with Crippen molar-refractivity contribution in [3.05, 3.63) is 62.8 Å². The minimum atomic E-state index is -4.69. The Labute approximate surface area is 127 Å². The van der Waals surface area contributed by atoms with E-state index < -0.39 is 22.4 Å². The van der Waals surface area contributed by atoms with Crippen LogP contribution in [0.15, 0.2) is 36.5 Å². The normalized spacial score (nSPS) is 11.3. The van der Waals surface area contributed by atoms with E-state index >= 15 is 0 Å². The number of nitro groups is 1. The van der Waals surface area contributed by atoms with Gasteiger partial charge < -0.3 is 5.32 Å². The monoisotopic (exact) mass is 331 g/mol. The Morgan fingerprint density at radius 2 is 2.05 bits per heavy atom. The third-order valence-corrected chi connectivity index (χ3v) is 2.98. The van der Waals surface area contributed by atoms with Crippen molar-refractivity contribution in [2.45, 2.75) is 12.7 Å². The third-order valence-electron chi connectivity index (χ3n) is 2.74. The Bertz CT molecular complexity index is 707. The van der Waals surface area contributed by atoms with Gasteiger partial charge in [-0.25, -0.2) is 4.98 Å². The summed E-state index contributed by atoms with van der Waals surface area (Å²) in [5.41, 5.74) is -1.20. The predicted octanol–water partition coefficient (Wildman–Crippen LogP) is 4.27. The van der Waals surface area contributed by atoms with Crippen molar-refractivity contribution in [1.29, 1.82) is 0 Å². The maximum Gasteiger partial charge on any atom is 0.418 e. The number of nitrogens with zero attached hydrogens (tertiary/aromatic N) is 2. The van der Waals surface area contributed by atoms with Crippen molar-refractivity contribution >= 4 is 23.1 Å². The number of aromatic nitrogens is 1. The van der Waals surface area contributed by atoms with Gasteiger partial charge in [0.25, 0.3) is 0 Å². The first-order chi connectivity index (χ1) is 10.3. The molecule has 1 aromatic carbocycles. The van der Waals surface area contributed by atoms with E-state index in [0.717, 1.165) is 0 Å². The number of alkyl halides is 3. The molecule has 5 nitrogen and oxygen atoms in total. The summed E-state index contributed by atoms with van der Waals surface area (Å²) in [6.07, 6.45) is -4.14. The quantitative estimate of drug-likeness (QED) is 0.671. The molecule has 0 radical (unpaired) electrons. The van der Waals surface area contributed by atoms with Crippen LogP contribution in [0.3, 0.4) is 0 Å². The largest absolute Gasteiger partial charge is 0.418 e. The number of benzene rings is 1. The molecule has 9 heteroatoms. The number of halogens is 4. The maximum atomic E-state index is 12.6. The van der Waals surface area contributed by atoms with Crippen LogP contribution < -0.4 is 5.32 Å². The first-order valence-electron chi connectivity index (χ1n) is 5.97. The summed E-state index contributed by atoms with van der Waals surface area (Å²) < 4.78 is 37.7. The Hall–Kier alpha value is -2.35. The molecule has 0 aliphatic carbocycles. The van der Waals surface area contributed by atoms with Crippen molar-refractivity contribution in [2.24, 2.45) is 0 Å². The van der Waals surface area contributed by atoms with Crippen molar-refractivity contribution in [1.82, 2.24) is 4.98 Å². The Balaban J connectivity index is 2.25. The van der Waals surface area contributed by atoms with E-state index in [0.29, 0.717) is 22.8 Å². The Morgan fingerprint density at radius 3 is 2.64 bits per heavy atom. The molecule has 0 bridgehead atoms. The Morgan fingerprint density at radius 1 is 1.32 bits per heavy atom. The second-order valence-corrected chi connectivity index (χ2v) is 4.77. The molecule has 1 N–H and O–H groups in total. The van der Waals surface area contributed by atoms with Gasteiger partial charge in [0.1, 0.15) is 0 Å². The average molecular weight is 332 g/mol. The first kappa shape index (κ1) is 16.0. The lowest BCUT2D eigenvalue weighted by Crippen LogP contribution is -2.10. The maximum absolute atomic E-state index is 12.6. The molecule has 0 atom stereocenters. The van der Waals surface area contributed by atoms with Crippen molar-refractivity contribution < 1.29 is 18.1 Å². The molecule has 0 amide bonds. The molecule has 1 heterocycles. The highest BCUT2D eigenvalue weighted by molar-refractivity contribution is 6.30. The van der Waals surface area contributed by atoms with Gasteiger partial charge >= 0.3 is 11.9 Å². The summed E-state index contributed by atoms with van der Waals surface area (Å²) in [5, 5.41) is 14.0. The fourth-order valence-corrected chi connectivity index (χ4v) is 1.93. The van der Waals surface area contributed by atoms with Gasteiger partial charge in [0.2, 0.25) is 5.82 Å². The second kappa shape index (κ2) is 6.18. The molecule has 0 saturated heterocycles. The smallest absolute Gasteiger partial charge is 0.360 e. The lowest BCUT2D eigenvalue weighted by molar-refractivity contribution is -0.384. The number of hydrogen-bond donors (Lipinski definition) is 1. The van der Waals surface area contributed by atoms with Crippen molar-refractivity contribution in [3.8, 4) is 0 Å². The lowest BCUT2D eigenvalue weighted by Gasteiger charge is -2.09. The standard InChI is InChI=1S/C13H9ClF3N3O2/c14-10-3-1-2-8(4-10)6-18-12-11(20(21)22)5-9(7-19-12)13(15,16)17/h1-5,7H,6H2,(H,18,19). The summed E-state index contributed by atoms with van der Waals surface area (Å²) in [4.78, 5) is 13.5. The van der Waals surface area contributed by atoms with Crippen LogP contribution >= 0.6 is 11.6 Å². The zero-order valence-corrected chi connectivity index (χ0v) is 11.6. The van der Waals surface area contributed by atoms with Crippen molar-refractivity contribution in [2.75, 3.05) is 5.32 Å². The fourth-order valence-electron chi connectivity index (χ4n) is 1.72. The van der Waals surface area contributed by atoms with Crippen LogP contribution in [0, 0.1) is 10.1 Å². The molecule has 116 valence electrons. The van der Waals surface area contributed by atoms with Crippen LogP contribution in [0.25, 0.3) is 0 Å². The van der Waals surface area contributed by atoms with Gasteiger partial charge in [-0.2, -0.15) is 13.2 Å². The lowest BCUT2D eigenvalue weighted by atomic mass is 10.2. The summed E-state index contributed by atoms with van der Waals surface area (Å²) in [5.74, 6) is -0.238. The van der Waals surface area contributed by atoms with Gasteiger partial charge in [-0.15, -0.1) is 0 Å². The fraction of sp³-hybridized carbons (Fsp3) is 0.154. The van der Waals surface area contributed by atoms with E-state index in [4.69, 9.17) is 11.6 Å². The highest BCUT2D eigenvalue weighted by atomic mass is 35.5. The van der Waals surface area contributed by atoms with Gasteiger partial charge in [-0.1, -0.05) is 23.7 Å². The summed E-state index contributed by atoms with van der Waals surface area (Å²) in [7, 11) is 0. The molecule has 2 aromatic rings. The number of hydrogen-bond acceptors (Lipinski definition) is 4. The molecule has 0 fully saturated rings. The van der Waals surface area contributed by atoms with Crippen LogP contribution in [-0.4, -0.2) is 9.91 Å². The zero-order chi connectivity index (χ0) is 16.3. The van der Waals surface area contributed by atoms with Crippen LogP contribution in [0.5, 0.6) is 0 Å². The minimum absolute atomic E-state index is 0.139. The van der Waals surface area contributed by atoms with E-state index in [-0.39, 0.29) is 12.4 Å². The molecular weight excluding hydrogens is 323 g/mol. The minimum Gasteiger partial charge on any atom is -0.360 e. The SMILES string of the molecule is O=[N+]([O-])c1cc(C(F)(F)F)cnc1NCc1cccc(Cl)c1. The van der Waals surface area contributed by atoms with Crippen molar-refractivity contribution in [3.63, 3.8) is 0 Å². The summed E-state index contributed by atoms with van der Waals surface area (Å²) in [6.45, 7) is 0.139. The number of pyridine rings is 1. The van der Waals surface area contributed by atoms with Gasteiger partial charge in [0.15, 0.2) is 0 Å². The van der Waals surface area contributed by atoms with Gasteiger partial charge in [0.05, 0.1) is 10.5 Å². The number of rotatable bonds is 4. The molecule has 1 aromatic heterocycles. The van der Waals surface area contributed by atoms with Gasteiger partial charge in [-0.05, 0) is 17.7 Å². The summed E-state index contributed by atoms with van der Waals surface area (Å²) >= 11 is 5.80. The molecule has 0 aliphatic rings. The van der Waals surface area contributed by atoms with Crippen LogP contribution in [0.2, 0.25) is 5.02 Å². The number of nitrogens with one attached hydrogen (secondary N) is 1. The predicted molar refractivity (Wildman–Crippen MR) is 74.7 cm³/mol. The van der Waals surface area contributed by atoms with E-state index in [2.05, 4.69) is 10.3 Å². The Kier molecular flexibility index (Phi) is 4.51. The zero-order valence-electron chi connectivity index (χ0n) is 10.9. The topological polar surface area (TPSA) is 68.1 Å². The third kappa shape index (κ3) is 3.85.